The van der Waals surface area contributed by atoms with Gasteiger partial charge in [0.1, 0.15) is 6.04 Å². The van der Waals surface area contributed by atoms with Gasteiger partial charge in [0, 0.05) is 31.6 Å². The van der Waals surface area contributed by atoms with Crippen molar-refractivity contribution < 1.29 is 14.7 Å². The van der Waals surface area contributed by atoms with E-state index in [-0.39, 0.29) is 42.7 Å². The number of nitrogens with zero attached hydrogens (tertiary/aromatic N) is 4. The molecule has 1 aliphatic heterocycles. The summed E-state index contributed by atoms with van der Waals surface area (Å²) in [6.07, 6.45) is 1.40. The molecule has 2 aromatic rings. The minimum atomic E-state index is -0.675. The lowest BCUT2D eigenvalue weighted by atomic mass is 9.96. The Morgan fingerprint density at radius 1 is 1.15 bits per heavy atom. The summed E-state index contributed by atoms with van der Waals surface area (Å²) in [5.74, 6) is -0.323. The summed E-state index contributed by atoms with van der Waals surface area (Å²) >= 11 is 0. The quantitative estimate of drug-likeness (QED) is 0.589. The summed E-state index contributed by atoms with van der Waals surface area (Å²) in [6.45, 7) is 9.71. The first kappa shape index (κ1) is 25.9. The molecule has 4 atom stereocenters. The van der Waals surface area contributed by atoms with Gasteiger partial charge in [-0.3, -0.25) is 14.3 Å². The molecule has 0 saturated carbocycles. The van der Waals surface area contributed by atoms with Crippen LogP contribution < -0.4 is 5.32 Å². The summed E-state index contributed by atoms with van der Waals surface area (Å²) in [5, 5.41) is 17.6. The van der Waals surface area contributed by atoms with Crippen molar-refractivity contribution >= 4 is 11.8 Å². The fourth-order valence-electron chi connectivity index (χ4n) is 4.24. The second kappa shape index (κ2) is 11.1. The van der Waals surface area contributed by atoms with Gasteiger partial charge in [0.15, 0.2) is 0 Å². The van der Waals surface area contributed by atoms with Crippen molar-refractivity contribution in [3.8, 4) is 11.3 Å². The predicted octanol–water partition coefficient (Wildman–Crippen LogP) is 2.54. The lowest BCUT2D eigenvalue weighted by molar-refractivity contribution is -0.142. The Labute approximate surface area is 202 Å². The summed E-state index contributed by atoms with van der Waals surface area (Å²) in [5.41, 5.74) is 3.10. The number of benzene rings is 1. The zero-order chi connectivity index (χ0) is 25.0. The summed E-state index contributed by atoms with van der Waals surface area (Å²) in [6, 6.07) is 9.24. The van der Waals surface area contributed by atoms with Crippen LogP contribution in [0, 0.1) is 11.8 Å². The number of aromatic nitrogens is 2. The topological polar surface area (TPSA) is 90.7 Å². The van der Waals surface area contributed by atoms with Crippen molar-refractivity contribution in [1.82, 2.24) is 24.9 Å². The Hall–Kier alpha value is -2.71. The number of hydrogen-bond donors (Lipinski definition) is 2. The van der Waals surface area contributed by atoms with Crippen LogP contribution in [0.5, 0.6) is 0 Å². The van der Waals surface area contributed by atoms with Gasteiger partial charge < -0.3 is 20.2 Å². The smallest absolute Gasteiger partial charge is 0.243 e. The fourth-order valence-corrected chi connectivity index (χ4v) is 4.24. The van der Waals surface area contributed by atoms with Crippen molar-refractivity contribution in [2.75, 3.05) is 27.2 Å². The van der Waals surface area contributed by atoms with Crippen molar-refractivity contribution in [3.63, 3.8) is 0 Å². The number of likely N-dealkylation sites (N-methyl/N-ethyl adjacent to an activating group) is 1. The first-order valence-electron chi connectivity index (χ1n) is 12.1. The number of carbonyl (C=O) groups is 2. The van der Waals surface area contributed by atoms with Crippen LogP contribution in [0.15, 0.2) is 36.5 Å². The second-order valence-corrected chi connectivity index (χ2v) is 10.0. The first-order valence-corrected chi connectivity index (χ1v) is 12.1. The minimum Gasteiger partial charge on any atom is -0.391 e. The van der Waals surface area contributed by atoms with Gasteiger partial charge in [0.25, 0.3) is 0 Å². The number of aliphatic hydroxyl groups is 1. The van der Waals surface area contributed by atoms with Crippen LogP contribution in [0.25, 0.3) is 11.3 Å². The van der Waals surface area contributed by atoms with E-state index < -0.39 is 12.1 Å². The number of β-amino-alcohol motifs (C(OH)–C–C–N with tert-alkyl or cyclic N) is 1. The van der Waals surface area contributed by atoms with Crippen molar-refractivity contribution in [1.29, 1.82) is 0 Å². The number of carbonyl (C=O) groups excluding carboxylic acids is 2. The molecule has 1 saturated heterocycles. The van der Waals surface area contributed by atoms with Gasteiger partial charge in [-0.15, -0.1) is 0 Å². The lowest BCUT2D eigenvalue weighted by Crippen LogP contribution is -2.48. The number of amides is 2. The average molecular weight is 470 g/mol. The Balaban J connectivity index is 1.66. The van der Waals surface area contributed by atoms with Crippen LogP contribution in [0.3, 0.4) is 0 Å². The van der Waals surface area contributed by atoms with Gasteiger partial charge in [0.05, 0.1) is 24.4 Å². The van der Waals surface area contributed by atoms with Crippen LogP contribution in [0.2, 0.25) is 0 Å². The van der Waals surface area contributed by atoms with Crippen molar-refractivity contribution in [2.24, 2.45) is 11.8 Å². The maximum Gasteiger partial charge on any atom is 0.243 e. The highest BCUT2D eigenvalue weighted by molar-refractivity contribution is 5.89. The molecule has 0 aliphatic carbocycles. The minimum absolute atomic E-state index is 0.0745. The number of likely N-dealkylation sites (tertiary alicyclic amines) is 1. The molecular formula is C26H39N5O3. The molecule has 0 radical (unpaired) electrons. The van der Waals surface area contributed by atoms with Gasteiger partial charge in [-0.25, -0.2) is 0 Å². The molecule has 8 heteroatoms. The Kier molecular flexibility index (Phi) is 8.49. The van der Waals surface area contributed by atoms with E-state index in [1.807, 2.05) is 83.0 Å². The zero-order valence-corrected chi connectivity index (χ0v) is 21.2. The van der Waals surface area contributed by atoms with E-state index in [1.165, 1.54) is 0 Å². The predicted molar refractivity (Wildman–Crippen MR) is 133 cm³/mol. The standard InChI is InChI=1S/C26H39N5O3/c1-17(2)18(3)26(34)30-16-22(32)15-24(30)25(33)28-19(4)20-7-9-21(10-8-20)23-11-12-27-31(23)14-13-29(5)6/h7-12,17-19,22,24,32H,13-16H2,1-6H3,(H,28,33). The van der Waals surface area contributed by atoms with E-state index in [0.717, 1.165) is 29.9 Å². The molecule has 0 bridgehead atoms. The number of aliphatic hydroxyl groups excluding tert-OH is 1. The highest BCUT2D eigenvalue weighted by atomic mass is 16.3. The molecule has 1 aromatic heterocycles. The molecule has 1 aliphatic rings. The summed E-state index contributed by atoms with van der Waals surface area (Å²) in [7, 11) is 4.08. The van der Waals surface area contributed by atoms with E-state index >= 15 is 0 Å². The SMILES string of the molecule is CC(NC(=O)C1CC(O)CN1C(=O)C(C)C(C)C)c1ccc(-c2ccnn2CCN(C)C)cc1. The van der Waals surface area contributed by atoms with Gasteiger partial charge in [-0.2, -0.15) is 5.10 Å². The van der Waals surface area contributed by atoms with Crippen molar-refractivity contribution in [3.05, 3.63) is 42.1 Å². The number of rotatable bonds is 9. The highest BCUT2D eigenvalue weighted by Gasteiger charge is 2.40. The number of hydrogen-bond acceptors (Lipinski definition) is 5. The van der Waals surface area contributed by atoms with Crippen molar-refractivity contribution in [2.45, 2.75) is 58.8 Å². The number of nitrogens with one attached hydrogen (secondary N) is 1. The van der Waals surface area contributed by atoms with E-state index in [1.54, 1.807) is 4.90 Å². The Morgan fingerprint density at radius 3 is 2.44 bits per heavy atom. The van der Waals surface area contributed by atoms with E-state index in [2.05, 4.69) is 15.3 Å². The first-order chi connectivity index (χ1) is 16.1. The highest BCUT2D eigenvalue weighted by Crippen LogP contribution is 2.25. The van der Waals surface area contributed by atoms with E-state index in [0.29, 0.717) is 0 Å². The van der Waals surface area contributed by atoms with Gasteiger partial charge >= 0.3 is 0 Å². The largest absolute Gasteiger partial charge is 0.391 e. The third kappa shape index (κ3) is 6.04. The van der Waals surface area contributed by atoms with Gasteiger partial charge in [-0.1, -0.05) is 45.0 Å². The van der Waals surface area contributed by atoms with Gasteiger partial charge in [-0.05, 0) is 44.1 Å². The molecule has 4 unspecified atom stereocenters. The third-order valence-corrected chi connectivity index (χ3v) is 6.80. The van der Waals surface area contributed by atoms with Crippen LogP contribution in [-0.4, -0.2) is 75.8 Å². The van der Waals surface area contributed by atoms with E-state index in [9.17, 15) is 14.7 Å². The molecule has 2 N–H and O–H groups in total. The maximum atomic E-state index is 13.1. The van der Waals surface area contributed by atoms with Crippen LogP contribution in [-0.2, 0) is 16.1 Å². The van der Waals surface area contributed by atoms with Crippen LogP contribution >= 0.6 is 0 Å². The monoisotopic (exact) mass is 469 g/mol. The zero-order valence-electron chi connectivity index (χ0n) is 21.2. The molecule has 34 heavy (non-hydrogen) atoms. The molecule has 1 fully saturated rings. The normalized spacial score (nSPS) is 20.1. The Morgan fingerprint density at radius 2 is 1.82 bits per heavy atom. The molecule has 0 spiro atoms. The molecule has 186 valence electrons. The van der Waals surface area contributed by atoms with Crippen LogP contribution in [0.4, 0.5) is 0 Å². The molecule has 8 nitrogen and oxygen atoms in total. The van der Waals surface area contributed by atoms with Gasteiger partial charge in [0.2, 0.25) is 11.8 Å². The second-order valence-electron chi connectivity index (χ2n) is 10.0. The molecular weight excluding hydrogens is 430 g/mol. The molecule has 1 aromatic carbocycles. The molecule has 2 amide bonds. The average Bonchev–Trinajstić information content (AvgIpc) is 3.43. The molecule has 2 heterocycles. The lowest BCUT2D eigenvalue weighted by Gasteiger charge is -2.29. The third-order valence-electron chi connectivity index (χ3n) is 6.80. The maximum absolute atomic E-state index is 13.1. The summed E-state index contributed by atoms with van der Waals surface area (Å²) in [4.78, 5) is 29.6. The van der Waals surface area contributed by atoms with Crippen LogP contribution in [0.1, 0.15) is 45.7 Å². The Bertz CT molecular complexity index is 969. The summed E-state index contributed by atoms with van der Waals surface area (Å²) < 4.78 is 2.00. The fraction of sp³-hybridized carbons (Fsp3) is 0.577. The molecule has 3 rings (SSSR count). The van der Waals surface area contributed by atoms with E-state index in [4.69, 9.17) is 0 Å².